The molecule has 1 heterocycles. The van der Waals surface area contributed by atoms with Crippen molar-refractivity contribution in [2.24, 2.45) is 11.8 Å². The summed E-state index contributed by atoms with van der Waals surface area (Å²) < 4.78 is 5.35. The molecule has 1 aromatic rings. The van der Waals surface area contributed by atoms with E-state index in [1.807, 2.05) is 6.07 Å². The molecule has 2 atom stereocenters. The van der Waals surface area contributed by atoms with Crippen LogP contribution in [0.2, 0.25) is 0 Å². The van der Waals surface area contributed by atoms with Gasteiger partial charge in [0, 0.05) is 0 Å². The molecule has 0 aromatic carbocycles. The van der Waals surface area contributed by atoms with Crippen LogP contribution in [0, 0.1) is 30.1 Å². The van der Waals surface area contributed by atoms with Crippen LogP contribution in [0.25, 0.3) is 0 Å². The third-order valence-corrected chi connectivity index (χ3v) is 3.76. The number of carbonyl (C=O) groups is 1. The summed E-state index contributed by atoms with van der Waals surface area (Å²) in [5, 5.41) is 8.84. The lowest BCUT2D eigenvalue weighted by molar-refractivity contribution is 0.0388. The second kappa shape index (κ2) is 6.33. The van der Waals surface area contributed by atoms with Gasteiger partial charge in [0.1, 0.15) is 11.8 Å². The summed E-state index contributed by atoms with van der Waals surface area (Å²) in [6.45, 7) is 4.31. The number of aryl methyl sites for hydroxylation is 1. The summed E-state index contributed by atoms with van der Waals surface area (Å²) in [7, 11) is 0. The topological polar surface area (TPSA) is 63.0 Å². The first-order valence-electron chi connectivity index (χ1n) is 6.81. The molecular formula is C16H18N2O2. The van der Waals surface area contributed by atoms with Crippen LogP contribution in [0.15, 0.2) is 24.3 Å². The molecule has 20 heavy (non-hydrogen) atoms. The van der Waals surface area contributed by atoms with Crippen LogP contribution in [-0.2, 0) is 4.74 Å². The summed E-state index contributed by atoms with van der Waals surface area (Å²) in [5.41, 5.74) is 1.30. The normalized spacial score (nSPS) is 21.2. The quantitative estimate of drug-likeness (QED) is 0.625. The maximum atomic E-state index is 12.0. The van der Waals surface area contributed by atoms with E-state index in [4.69, 9.17) is 10.00 Å². The Bertz CT molecular complexity index is 572. The van der Waals surface area contributed by atoms with Gasteiger partial charge >= 0.3 is 5.97 Å². The number of esters is 1. The molecule has 1 aromatic heterocycles. The van der Waals surface area contributed by atoms with Crippen LogP contribution in [0.1, 0.15) is 41.5 Å². The Balaban J connectivity index is 1.97. The molecule has 2 unspecified atom stereocenters. The molecule has 0 aliphatic heterocycles. The average molecular weight is 270 g/mol. The smallest absolute Gasteiger partial charge is 0.356 e. The van der Waals surface area contributed by atoms with Crippen molar-refractivity contribution in [2.75, 3.05) is 6.61 Å². The van der Waals surface area contributed by atoms with Crippen molar-refractivity contribution in [3.8, 4) is 6.07 Å². The van der Waals surface area contributed by atoms with Gasteiger partial charge in [0.15, 0.2) is 0 Å². The third kappa shape index (κ3) is 3.24. The van der Waals surface area contributed by atoms with Gasteiger partial charge in [-0.25, -0.2) is 9.78 Å². The van der Waals surface area contributed by atoms with Gasteiger partial charge in [-0.05, 0) is 43.7 Å². The average Bonchev–Trinajstić information content (AvgIpc) is 2.46. The van der Waals surface area contributed by atoms with Gasteiger partial charge in [0.25, 0.3) is 0 Å². The Morgan fingerprint density at radius 2 is 2.20 bits per heavy atom. The van der Waals surface area contributed by atoms with Gasteiger partial charge in [-0.15, -0.1) is 0 Å². The predicted octanol–water partition coefficient (Wildman–Crippen LogP) is 3.02. The zero-order valence-corrected chi connectivity index (χ0v) is 11.8. The van der Waals surface area contributed by atoms with Crippen LogP contribution in [0.5, 0.6) is 0 Å². The lowest BCUT2D eigenvalue weighted by Crippen LogP contribution is -2.22. The molecule has 0 saturated heterocycles. The van der Waals surface area contributed by atoms with Gasteiger partial charge in [-0.3, -0.25) is 0 Å². The largest absolute Gasteiger partial charge is 0.461 e. The molecule has 104 valence electrons. The van der Waals surface area contributed by atoms with Gasteiger partial charge in [0.05, 0.1) is 17.9 Å². The maximum Gasteiger partial charge on any atom is 0.356 e. The Kier molecular flexibility index (Phi) is 4.52. The zero-order valence-electron chi connectivity index (χ0n) is 11.8. The monoisotopic (exact) mass is 270 g/mol. The van der Waals surface area contributed by atoms with Crippen LogP contribution in [-0.4, -0.2) is 17.6 Å². The van der Waals surface area contributed by atoms with Crippen molar-refractivity contribution in [1.82, 2.24) is 4.98 Å². The van der Waals surface area contributed by atoms with E-state index in [1.165, 1.54) is 6.07 Å². The minimum atomic E-state index is -0.417. The van der Waals surface area contributed by atoms with Gasteiger partial charge in [-0.1, -0.05) is 19.1 Å². The molecule has 1 aliphatic carbocycles. The van der Waals surface area contributed by atoms with Crippen LogP contribution in [0.4, 0.5) is 0 Å². The molecule has 0 spiro atoms. The summed E-state index contributed by atoms with van der Waals surface area (Å²) in [5.74, 6) is 0.492. The van der Waals surface area contributed by atoms with E-state index in [9.17, 15) is 4.79 Å². The molecule has 0 amide bonds. The molecule has 1 aliphatic rings. The maximum absolute atomic E-state index is 12.0. The highest BCUT2D eigenvalue weighted by Crippen LogP contribution is 2.25. The van der Waals surface area contributed by atoms with E-state index in [1.54, 1.807) is 13.0 Å². The number of aromatic nitrogens is 1. The number of nitriles is 1. The molecule has 0 bridgehead atoms. The van der Waals surface area contributed by atoms with Crippen molar-refractivity contribution in [1.29, 1.82) is 5.26 Å². The molecule has 0 radical (unpaired) electrons. The number of hydrogen-bond acceptors (Lipinski definition) is 4. The predicted molar refractivity (Wildman–Crippen MR) is 75.0 cm³/mol. The van der Waals surface area contributed by atoms with Crippen molar-refractivity contribution < 1.29 is 9.53 Å². The molecule has 4 nitrogen and oxygen atoms in total. The van der Waals surface area contributed by atoms with E-state index in [2.05, 4.69) is 24.1 Å². The highest BCUT2D eigenvalue weighted by atomic mass is 16.5. The Labute approximate surface area is 119 Å². The Morgan fingerprint density at radius 1 is 1.45 bits per heavy atom. The second-order valence-electron chi connectivity index (χ2n) is 5.22. The van der Waals surface area contributed by atoms with E-state index in [0.29, 0.717) is 29.7 Å². The fraction of sp³-hybridized carbons (Fsp3) is 0.438. The highest BCUT2D eigenvalue weighted by molar-refractivity contribution is 5.87. The standard InChI is InChI=1S/C16H18N2O2/c1-11-5-3-4-6-14(11)10-20-16(19)15-8-7-13(9-17)12(2)18-15/h3-4,7-8,11,14H,5-6,10H2,1-2H3. The number of nitrogens with zero attached hydrogens (tertiary/aromatic N) is 2. The molecule has 0 saturated carbocycles. The first kappa shape index (κ1) is 14.3. The molecule has 0 N–H and O–H groups in total. The number of rotatable bonds is 3. The zero-order chi connectivity index (χ0) is 14.5. The summed E-state index contributed by atoms with van der Waals surface area (Å²) in [6.07, 6.45) is 6.31. The number of allylic oxidation sites excluding steroid dienone is 2. The van der Waals surface area contributed by atoms with Gasteiger partial charge in [0.2, 0.25) is 0 Å². The van der Waals surface area contributed by atoms with Crippen LogP contribution in [0.3, 0.4) is 0 Å². The minimum Gasteiger partial charge on any atom is -0.461 e. The van der Waals surface area contributed by atoms with Crippen molar-refractivity contribution in [3.63, 3.8) is 0 Å². The summed E-state index contributed by atoms with van der Waals surface area (Å²) in [6, 6.07) is 5.17. The van der Waals surface area contributed by atoms with E-state index < -0.39 is 5.97 Å². The summed E-state index contributed by atoms with van der Waals surface area (Å²) >= 11 is 0. The van der Waals surface area contributed by atoms with Gasteiger partial charge < -0.3 is 4.74 Å². The molecule has 2 rings (SSSR count). The fourth-order valence-corrected chi connectivity index (χ4v) is 2.29. The minimum absolute atomic E-state index is 0.264. The third-order valence-electron chi connectivity index (χ3n) is 3.76. The molecular weight excluding hydrogens is 252 g/mol. The number of ether oxygens (including phenoxy) is 1. The van der Waals surface area contributed by atoms with Gasteiger partial charge in [-0.2, -0.15) is 5.26 Å². The Hall–Kier alpha value is -2.15. The lowest BCUT2D eigenvalue weighted by atomic mass is 9.85. The van der Waals surface area contributed by atoms with E-state index >= 15 is 0 Å². The summed E-state index contributed by atoms with van der Waals surface area (Å²) in [4.78, 5) is 16.1. The Morgan fingerprint density at radius 3 is 2.85 bits per heavy atom. The van der Waals surface area contributed by atoms with E-state index in [0.717, 1.165) is 12.8 Å². The number of hydrogen-bond donors (Lipinski definition) is 0. The second-order valence-corrected chi connectivity index (χ2v) is 5.22. The van der Waals surface area contributed by atoms with Crippen molar-refractivity contribution in [3.05, 3.63) is 41.2 Å². The number of carbonyl (C=O) groups excluding carboxylic acids is 1. The van der Waals surface area contributed by atoms with Crippen molar-refractivity contribution in [2.45, 2.75) is 26.7 Å². The fourth-order valence-electron chi connectivity index (χ4n) is 2.29. The SMILES string of the molecule is Cc1nc(C(=O)OCC2CC=CCC2C)ccc1C#N. The van der Waals surface area contributed by atoms with Crippen molar-refractivity contribution >= 4 is 5.97 Å². The first-order valence-corrected chi connectivity index (χ1v) is 6.81. The lowest BCUT2D eigenvalue weighted by Gasteiger charge is -2.24. The van der Waals surface area contributed by atoms with Crippen LogP contribution >= 0.6 is 0 Å². The van der Waals surface area contributed by atoms with E-state index in [-0.39, 0.29) is 5.69 Å². The highest BCUT2D eigenvalue weighted by Gasteiger charge is 2.21. The molecule has 0 fully saturated rings. The first-order chi connectivity index (χ1) is 9.61. The van der Waals surface area contributed by atoms with Crippen LogP contribution < -0.4 is 0 Å². The number of pyridine rings is 1. The molecule has 4 heteroatoms.